The third-order valence-electron chi connectivity index (χ3n) is 2.24. The molecule has 0 aromatic rings. The lowest BCUT2D eigenvalue weighted by molar-refractivity contribution is 0.0969. The van der Waals surface area contributed by atoms with Gasteiger partial charge in [-0.15, -0.1) is 0 Å². The zero-order chi connectivity index (χ0) is 8.27. The summed E-state index contributed by atoms with van der Waals surface area (Å²) in [5.74, 6) is 0.825. The van der Waals surface area contributed by atoms with Crippen LogP contribution in [-0.2, 0) is 4.74 Å². The number of hydrogen-bond acceptors (Lipinski definition) is 1. The van der Waals surface area contributed by atoms with Gasteiger partial charge in [0.2, 0.25) is 0 Å². The minimum absolute atomic E-state index is 0.414. The largest absolute Gasteiger partial charge is 0.498 e. The minimum atomic E-state index is 0.414. The molecule has 0 amide bonds. The van der Waals surface area contributed by atoms with Crippen LogP contribution < -0.4 is 0 Å². The molecule has 2 heteroatoms. The van der Waals surface area contributed by atoms with Gasteiger partial charge in [-0.3, -0.25) is 0 Å². The molecule has 0 spiro atoms. The summed E-state index contributed by atoms with van der Waals surface area (Å²) in [4.78, 5) is 0. The monoisotopic (exact) mass is 266 g/mol. The van der Waals surface area contributed by atoms with E-state index in [-0.39, 0.29) is 0 Å². The lowest BCUT2D eigenvalue weighted by Gasteiger charge is -2.30. The number of hydrogen-bond donors (Lipinski definition) is 0. The van der Waals surface area contributed by atoms with Crippen molar-refractivity contribution < 1.29 is 4.74 Å². The van der Waals surface area contributed by atoms with Crippen molar-refractivity contribution in [1.29, 1.82) is 0 Å². The van der Waals surface area contributed by atoms with Crippen LogP contribution in [0.4, 0.5) is 0 Å². The number of ether oxygens (including phenoxy) is 1. The molecule has 0 saturated heterocycles. The van der Waals surface area contributed by atoms with Crippen LogP contribution in [-0.4, -0.2) is 10.0 Å². The first-order chi connectivity index (χ1) is 5.24. The predicted molar refractivity (Wildman–Crippen MR) is 55.9 cm³/mol. The fourth-order valence-electron chi connectivity index (χ4n) is 1.56. The van der Waals surface area contributed by atoms with Crippen LogP contribution in [0.15, 0.2) is 12.8 Å². The fourth-order valence-corrected chi connectivity index (χ4v) is 2.38. The zero-order valence-corrected chi connectivity index (χ0v) is 9.08. The molecule has 1 saturated carbocycles. The Hall–Kier alpha value is 0.270. The highest BCUT2D eigenvalue weighted by molar-refractivity contribution is 14.1. The van der Waals surface area contributed by atoms with Crippen LogP contribution in [0.5, 0.6) is 0 Å². The molecule has 0 heterocycles. The van der Waals surface area contributed by atoms with Crippen molar-refractivity contribution in [3.8, 4) is 0 Å². The quantitative estimate of drug-likeness (QED) is 0.424. The molecule has 1 nitrogen and oxygen atoms in total. The van der Waals surface area contributed by atoms with Gasteiger partial charge in [-0.1, -0.05) is 36.1 Å². The van der Waals surface area contributed by atoms with Crippen molar-refractivity contribution in [1.82, 2.24) is 0 Å². The van der Waals surface area contributed by atoms with E-state index in [1.165, 1.54) is 19.3 Å². The Morgan fingerprint density at radius 2 is 2.27 bits per heavy atom. The van der Waals surface area contributed by atoms with Crippen LogP contribution in [0.1, 0.15) is 26.2 Å². The lowest BCUT2D eigenvalue weighted by atomic mass is 9.89. The van der Waals surface area contributed by atoms with Gasteiger partial charge in [0, 0.05) is 3.92 Å². The molecular weight excluding hydrogens is 251 g/mol. The summed E-state index contributed by atoms with van der Waals surface area (Å²) in [6.45, 7) is 5.88. The smallest absolute Gasteiger partial charge is 0.110 e. The number of rotatable bonds is 2. The van der Waals surface area contributed by atoms with Crippen LogP contribution in [0, 0.1) is 5.92 Å². The Morgan fingerprint density at radius 1 is 1.55 bits per heavy atom. The summed E-state index contributed by atoms with van der Waals surface area (Å²) in [6.07, 6.45) is 5.83. The normalized spacial score (nSPS) is 38.2. The Morgan fingerprint density at radius 3 is 2.91 bits per heavy atom. The maximum absolute atomic E-state index is 5.42. The van der Waals surface area contributed by atoms with Gasteiger partial charge in [0.05, 0.1) is 6.26 Å². The molecule has 1 aliphatic carbocycles. The van der Waals surface area contributed by atoms with Crippen LogP contribution in [0.2, 0.25) is 0 Å². The molecule has 1 rings (SSSR count). The second-order valence-electron chi connectivity index (χ2n) is 3.28. The molecule has 11 heavy (non-hydrogen) atoms. The van der Waals surface area contributed by atoms with E-state index >= 15 is 0 Å². The van der Waals surface area contributed by atoms with Gasteiger partial charge < -0.3 is 4.74 Å². The Balaban J connectivity index is 2.40. The number of alkyl halides is 1. The maximum atomic E-state index is 5.42. The minimum Gasteiger partial charge on any atom is -0.498 e. The first-order valence-corrected chi connectivity index (χ1v) is 5.39. The van der Waals surface area contributed by atoms with Crippen LogP contribution >= 0.6 is 22.6 Å². The van der Waals surface area contributed by atoms with E-state index in [0.717, 1.165) is 5.92 Å². The molecule has 3 atom stereocenters. The molecule has 0 bridgehead atoms. The highest BCUT2D eigenvalue weighted by atomic mass is 127. The van der Waals surface area contributed by atoms with Gasteiger partial charge in [-0.2, -0.15) is 0 Å². The van der Waals surface area contributed by atoms with Crippen LogP contribution in [0.25, 0.3) is 0 Å². The molecule has 1 aliphatic rings. The molecule has 0 aromatic carbocycles. The van der Waals surface area contributed by atoms with Gasteiger partial charge in [0.15, 0.2) is 0 Å². The van der Waals surface area contributed by atoms with E-state index in [9.17, 15) is 0 Å². The molecule has 0 radical (unpaired) electrons. The van der Waals surface area contributed by atoms with E-state index in [1.807, 2.05) is 0 Å². The van der Waals surface area contributed by atoms with E-state index in [0.29, 0.717) is 10.0 Å². The van der Waals surface area contributed by atoms with E-state index in [2.05, 4.69) is 36.1 Å². The van der Waals surface area contributed by atoms with Crippen molar-refractivity contribution in [3.05, 3.63) is 12.8 Å². The standard InChI is InChI=1S/C9H15IO/c1-3-11-9-6-7(2)4-5-8(9)10/h3,7-9H,1,4-6H2,2H3. The highest BCUT2D eigenvalue weighted by Crippen LogP contribution is 2.30. The predicted octanol–water partition coefficient (Wildman–Crippen LogP) is 3.14. The van der Waals surface area contributed by atoms with Gasteiger partial charge in [0.1, 0.15) is 6.10 Å². The third-order valence-corrected chi connectivity index (χ3v) is 3.67. The molecule has 1 fully saturated rings. The molecular formula is C9H15IO. The SMILES string of the molecule is C=COC1CC(C)CCC1I. The summed E-state index contributed by atoms with van der Waals surface area (Å²) in [5.41, 5.74) is 0. The zero-order valence-electron chi connectivity index (χ0n) is 6.92. The third kappa shape index (κ3) is 2.65. The van der Waals surface area contributed by atoms with Gasteiger partial charge >= 0.3 is 0 Å². The van der Waals surface area contributed by atoms with E-state index in [4.69, 9.17) is 4.74 Å². The second-order valence-corrected chi connectivity index (χ2v) is 4.88. The average molecular weight is 266 g/mol. The lowest BCUT2D eigenvalue weighted by Crippen LogP contribution is -2.29. The van der Waals surface area contributed by atoms with Crippen molar-refractivity contribution >= 4 is 22.6 Å². The molecule has 0 aliphatic heterocycles. The fraction of sp³-hybridized carbons (Fsp3) is 0.778. The maximum Gasteiger partial charge on any atom is 0.110 e. The van der Waals surface area contributed by atoms with Gasteiger partial charge in [-0.25, -0.2) is 0 Å². The van der Waals surface area contributed by atoms with Crippen molar-refractivity contribution in [2.45, 2.75) is 36.2 Å². The molecule has 0 N–H and O–H groups in total. The summed E-state index contributed by atoms with van der Waals surface area (Å²) in [5, 5.41) is 0. The van der Waals surface area contributed by atoms with Crippen molar-refractivity contribution in [3.63, 3.8) is 0 Å². The summed E-state index contributed by atoms with van der Waals surface area (Å²) in [6, 6.07) is 0. The van der Waals surface area contributed by atoms with Crippen molar-refractivity contribution in [2.75, 3.05) is 0 Å². The van der Waals surface area contributed by atoms with E-state index in [1.54, 1.807) is 6.26 Å². The van der Waals surface area contributed by atoms with Gasteiger partial charge in [-0.05, 0) is 25.2 Å². The Kier molecular flexibility index (Phi) is 3.69. The Labute approximate surface area is 82.3 Å². The summed E-state index contributed by atoms with van der Waals surface area (Å²) >= 11 is 2.48. The summed E-state index contributed by atoms with van der Waals surface area (Å²) < 4.78 is 6.10. The molecule has 64 valence electrons. The molecule has 3 unspecified atom stereocenters. The average Bonchev–Trinajstić information content (AvgIpc) is 1.98. The second kappa shape index (κ2) is 4.33. The molecule has 0 aromatic heterocycles. The van der Waals surface area contributed by atoms with Crippen LogP contribution in [0.3, 0.4) is 0 Å². The van der Waals surface area contributed by atoms with Gasteiger partial charge in [0.25, 0.3) is 0 Å². The number of halogens is 1. The summed E-state index contributed by atoms with van der Waals surface area (Å²) in [7, 11) is 0. The van der Waals surface area contributed by atoms with Crippen molar-refractivity contribution in [2.24, 2.45) is 5.92 Å². The first-order valence-electron chi connectivity index (χ1n) is 4.14. The topological polar surface area (TPSA) is 9.23 Å². The highest BCUT2D eigenvalue weighted by Gasteiger charge is 2.26. The van der Waals surface area contributed by atoms with E-state index < -0.39 is 0 Å². The first kappa shape index (κ1) is 9.36. The Bertz CT molecular complexity index is 136.